The monoisotopic (exact) mass is 337 g/mol. The van der Waals surface area contributed by atoms with Crippen LogP contribution in [-0.2, 0) is 9.53 Å². The van der Waals surface area contributed by atoms with Gasteiger partial charge in [-0.2, -0.15) is 0 Å². The van der Waals surface area contributed by atoms with Crippen LogP contribution in [0.2, 0.25) is 0 Å². The van der Waals surface area contributed by atoms with E-state index in [9.17, 15) is 9.59 Å². The predicted molar refractivity (Wildman–Crippen MR) is 88.0 cm³/mol. The first-order valence-electron chi connectivity index (χ1n) is 6.36. The average Bonchev–Trinajstić information content (AvgIpc) is 3.00. The summed E-state index contributed by atoms with van der Waals surface area (Å²) in [5.41, 5.74) is 0.368. The molecule has 0 aliphatic rings. The Kier molecular flexibility index (Phi) is 5.85. The van der Waals surface area contributed by atoms with E-state index in [-0.39, 0.29) is 11.7 Å². The Balaban J connectivity index is 1.93. The van der Waals surface area contributed by atoms with Crippen LogP contribution in [0.1, 0.15) is 10.4 Å². The lowest BCUT2D eigenvalue weighted by Crippen LogP contribution is -2.15. The predicted octanol–water partition coefficient (Wildman–Crippen LogP) is 3.27. The topological polar surface area (TPSA) is 64.6 Å². The molecule has 1 amide bonds. The maximum atomic E-state index is 12.0. The third-order valence-electron chi connectivity index (χ3n) is 2.73. The fraction of sp³-hybridized carbons (Fsp3) is 0.200. The third-order valence-corrected chi connectivity index (χ3v) is 4.56. The van der Waals surface area contributed by atoms with Crippen molar-refractivity contribution in [2.75, 3.05) is 25.3 Å². The summed E-state index contributed by atoms with van der Waals surface area (Å²) in [6.45, 7) is 0. The van der Waals surface area contributed by atoms with Gasteiger partial charge in [-0.05, 0) is 29.6 Å². The molecule has 22 heavy (non-hydrogen) atoms. The fourth-order valence-corrected chi connectivity index (χ4v) is 3.21. The average molecular weight is 337 g/mol. The summed E-state index contributed by atoms with van der Waals surface area (Å²) in [4.78, 5) is 24.5. The van der Waals surface area contributed by atoms with Crippen molar-refractivity contribution in [1.29, 1.82) is 0 Å². The summed E-state index contributed by atoms with van der Waals surface area (Å²) in [6.07, 6.45) is 0. The number of amides is 1. The number of benzene rings is 1. The Morgan fingerprint density at radius 3 is 2.82 bits per heavy atom. The number of thiophene rings is 1. The minimum absolute atomic E-state index is 0.180. The molecular weight excluding hydrogens is 322 g/mol. The second-order valence-electron chi connectivity index (χ2n) is 4.17. The molecule has 1 N–H and O–H groups in total. The molecule has 0 aliphatic heterocycles. The van der Waals surface area contributed by atoms with Gasteiger partial charge < -0.3 is 14.8 Å². The number of carbonyl (C=O) groups excluding carboxylic acids is 2. The van der Waals surface area contributed by atoms with E-state index in [0.29, 0.717) is 10.6 Å². The second kappa shape index (κ2) is 7.86. The maximum Gasteiger partial charge on any atom is 0.340 e. The molecule has 2 aromatic rings. The van der Waals surface area contributed by atoms with E-state index in [4.69, 9.17) is 4.74 Å². The lowest BCUT2D eigenvalue weighted by Gasteiger charge is -2.06. The number of hydrogen-bond donors (Lipinski definition) is 1. The Hall–Kier alpha value is -1.99. The summed E-state index contributed by atoms with van der Waals surface area (Å²) in [6, 6.07) is 9.11. The SMILES string of the molecule is COC(=O)c1ccsc1NC(=O)CSc1cccc(OC)c1. The van der Waals surface area contributed by atoms with Crippen molar-refractivity contribution in [2.45, 2.75) is 4.90 Å². The van der Waals surface area contributed by atoms with Gasteiger partial charge in [-0.15, -0.1) is 23.1 Å². The molecule has 0 aliphatic carbocycles. The number of thioether (sulfide) groups is 1. The van der Waals surface area contributed by atoms with Crippen LogP contribution < -0.4 is 10.1 Å². The van der Waals surface area contributed by atoms with Gasteiger partial charge in [0.25, 0.3) is 0 Å². The first kappa shape index (κ1) is 16.4. The van der Waals surface area contributed by atoms with Crippen molar-refractivity contribution in [1.82, 2.24) is 0 Å². The molecule has 0 saturated heterocycles. The molecular formula is C15H15NO4S2. The van der Waals surface area contributed by atoms with Crippen molar-refractivity contribution < 1.29 is 19.1 Å². The molecule has 0 bridgehead atoms. The lowest BCUT2D eigenvalue weighted by atomic mass is 10.3. The van der Waals surface area contributed by atoms with Crippen molar-refractivity contribution in [3.63, 3.8) is 0 Å². The minimum Gasteiger partial charge on any atom is -0.497 e. The highest BCUT2D eigenvalue weighted by Gasteiger charge is 2.15. The van der Waals surface area contributed by atoms with Gasteiger partial charge in [0.1, 0.15) is 10.8 Å². The fourth-order valence-electron chi connectivity index (χ4n) is 1.68. The molecule has 2 rings (SSSR count). The van der Waals surface area contributed by atoms with E-state index in [0.717, 1.165) is 10.6 Å². The number of esters is 1. The van der Waals surface area contributed by atoms with Crippen LogP contribution in [0.3, 0.4) is 0 Å². The minimum atomic E-state index is -0.461. The van der Waals surface area contributed by atoms with E-state index in [1.807, 2.05) is 24.3 Å². The Bertz CT molecular complexity index is 669. The lowest BCUT2D eigenvalue weighted by molar-refractivity contribution is -0.113. The maximum absolute atomic E-state index is 12.0. The normalized spacial score (nSPS) is 10.1. The van der Waals surface area contributed by atoms with Gasteiger partial charge in [-0.25, -0.2) is 4.79 Å². The van der Waals surface area contributed by atoms with Crippen LogP contribution in [-0.4, -0.2) is 31.8 Å². The smallest absolute Gasteiger partial charge is 0.340 e. The van der Waals surface area contributed by atoms with Gasteiger partial charge >= 0.3 is 5.97 Å². The van der Waals surface area contributed by atoms with Crippen LogP contribution in [0.15, 0.2) is 40.6 Å². The summed E-state index contributed by atoms with van der Waals surface area (Å²) in [5, 5.41) is 4.97. The zero-order valence-corrected chi connectivity index (χ0v) is 13.8. The molecule has 1 aromatic heterocycles. The van der Waals surface area contributed by atoms with Gasteiger partial charge in [0.05, 0.1) is 25.5 Å². The summed E-state index contributed by atoms with van der Waals surface area (Å²) in [7, 11) is 2.91. The number of carbonyl (C=O) groups is 2. The molecule has 0 unspecified atom stereocenters. The first-order valence-corrected chi connectivity index (χ1v) is 8.23. The number of anilines is 1. The molecule has 0 radical (unpaired) electrons. The van der Waals surface area contributed by atoms with Gasteiger partial charge in [0.2, 0.25) is 5.91 Å². The van der Waals surface area contributed by atoms with Gasteiger partial charge in [0.15, 0.2) is 0 Å². The molecule has 0 fully saturated rings. The number of ether oxygens (including phenoxy) is 2. The molecule has 0 atom stereocenters. The van der Waals surface area contributed by atoms with Crippen LogP contribution >= 0.6 is 23.1 Å². The highest BCUT2D eigenvalue weighted by Crippen LogP contribution is 2.26. The molecule has 1 aromatic carbocycles. The quantitative estimate of drug-likeness (QED) is 0.647. The van der Waals surface area contributed by atoms with Crippen LogP contribution in [0, 0.1) is 0 Å². The van der Waals surface area contributed by atoms with Crippen molar-refractivity contribution in [3.05, 3.63) is 41.3 Å². The Morgan fingerprint density at radius 2 is 2.09 bits per heavy atom. The summed E-state index contributed by atoms with van der Waals surface area (Å²) in [5.74, 6) is 0.347. The first-order chi connectivity index (χ1) is 10.6. The molecule has 0 spiro atoms. The van der Waals surface area contributed by atoms with E-state index in [1.54, 1.807) is 18.6 Å². The standard InChI is InChI=1S/C15H15NO4S2/c1-19-10-4-3-5-11(8-10)22-9-13(17)16-14-12(6-7-21-14)15(18)20-2/h3-8H,9H2,1-2H3,(H,16,17). The van der Waals surface area contributed by atoms with Crippen molar-refractivity contribution in [3.8, 4) is 5.75 Å². The highest BCUT2D eigenvalue weighted by molar-refractivity contribution is 8.00. The van der Waals surface area contributed by atoms with Gasteiger partial charge in [0, 0.05) is 4.90 Å². The zero-order valence-electron chi connectivity index (χ0n) is 12.1. The Labute approximate surface area is 136 Å². The molecule has 5 nitrogen and oxygen atoms in total. The number of nitrogens with one attached hydrogen (secondary N) is 1. The van der Waals surface area contributed by atoms with Gasteiger partial charge in [-0.1, -0.05) is 6.07 Å². The van der Waals surface area contributed by atoms with Crippen LogP contribution in [0.25, 0.3) is 0 Å². The highest BCUT2D eigenvalue weighted by atomic mass is 32.2. The van der Waals surface area contributed by atoms with Gasteiger partial charge in [-0.3, -0.25) is 4.79 Å². The molecule has 0 saturated carbocycles. The number of methoxy groups -OCH3 is 2. The number of hydrogen-bond acceptors (Lipinski definition) is 6. The van der Waals surface area contributed by atoms with Crippen LogP contribution in [0.4, 0.5) is 5.00 Å². The summed E-state index contributed by atoms with van der Waals surface area (Å²) < 4.78 is 9.81. The van der Waals surface area contributed by atoms with Crippen LogP contribution in [0.5, 0.6) is 5.75 Å². The van der Waals surface area contributed by atoms with E-state index in [1.165, 1.54) is 30.2 Å². The van der Waals surface area contributed by atoms with Crippen molar-refractivity contribution >= 4 is 40.0 Å². The molecule has 1 heterocycles. The van der Waals surface area contributed by atoms with E-state index < -0.39 is 5.97 Å². The molecule has 7 heteroatoms. The zero-order chi connectivity index (χ0) is 15.9. The second-order valence-corrected chi connectivity index (χ2v) is 6.14. The molecule has 116 valence electrons. The number of rotatable bonds is 6. The van der Waals surface area contributed by atoms with Crippen molar-refractivity contribution in [2.24, 2.45) is 0 Å². The van der Waals surface area contributed by atoms with E-state index >= 15 is 0 Å². The Morgan fingerprint density at radius 1 is 1.27 bits per heavy atom. The van der Waals surface area contributed by atoms with E-state index in [2.05, 4.69) is 10.1 Å². The summed E-state index contributed by atoms with van der Waals surface area (Å²) >= 11 is 2.68. The largest absolute Gasteiger partial charge is 0.497 e. The third kappa shape index (κ3) is 4.25.